The van der Waals surface area contributed by atoms with Crippen molar-refractivity contribution in [3.05, 3.63) is 10.2 Å². The predicted octanol–water partition coefficient (Wildman–Crippen LogP) is 1.69. The highest BCUT2D eigenvalue weighted by Gasteiger charge is 2.19. The molecule has 0 fully saturated rings. The molecule has 1 aromatic heterocycles. The third kappa shape index (κ3) is 2.09. The minimum absolute atomic E-state index is 0.229. The van der Waals surface area contributed by atoms with Crippen molar-refractivity contribution in [1.29, 1.82) is 0 Å². The Morgan fingerprint density at radius 3 is 2.57 bits per heavy atom. The van der Waals surface area contributed by atoms with Gasteiger partial charge in [0.15, 0.2) is 0 Å². The molecule has 1 N–H and O–H groups in total. The summed E-state index contributed by atoms with van der Waals surface area (Å²) in [5, 5.41) is 6.00. The molecule has 1 heterocycles. The average Bonchev–Trinajstić information content (AvgIpc) is 2.32. The molecule has 0 aliphatic heterocycles. The van der Waals surface area contributed by atoms with Gasteiger partial charge >= 0.3 is 6.43 Å². The summed E-state index contributed by atoms with van der Waals surface area (Å²) >= 11 is 3.14. The van der Waals surface area contributed by atoms with Crippen molar-refractivity contribution >= 4 is 27.7 Å². The van der Waals surface area contributed by atoms with Gasteiger partial charge in [0.1, 0.15) is 5.82 Å². The van der Waals surface area contributed by atoms with E-state index in [0.717, 1.165) is 0 Å². The van der Waals surface area contributed by atoms with Crippen LogP contribution in [0.15, 0.2) is 4.47 Å². The molecule has 78 valence electrons. The van der Waals surface area contributed by atoms with Crippen LogP contribution < -0.4 is 5.32 Å². The van der Waals surface area contributed by atoms with Crippen LogP contribution in [0, 0.1) is 6.92 Å². The molecule has 1 amide bonds. The second kappa shape index (κ2) is 4.04. The summed E-state index contributed by atoms with van der Waals surface area (Å²) in [5.41, 5.74) is 0.622. The highest BCUT2D eigenvalue weighted by Crippen LogP contribution is 2.25. The van der Waals surface area contributed by atoms with Crippen molar-refractivity contribution in [2.24, 2.45) is 7.05 Å². The summed E-state index contributed by atoms with van der Waals surface area (Å²) in [4.78, 5) is 10.7. The van der Waals surface area contributed by atoms with Crippen molar-refractivity contribution in [3.8, 4) is 0 Å². The molecule has 0 unspecified atom stereocenters. The Labute approximate surface area is 87.4 Å². The summed E-state index contributed by atoms with van der Waals surface area (Å²) in [7, 11) is 1.55. The van der Waals surface area contributed by atoms with Crippen LogP contribution in [0.1, 0.15) is 5.69 Å². The molecule has 14 heavy (non-hydrogen) atoms. The molecule has 0 spiro atoms. The Balaban J connectivity index is 2.92. The van der Waals surface area contributed by atoms with Crippen LogP contribution in [-0.4, -0.2) is 22.1 Å². The van der Waals surface area contributed by atoms with Gasteiger partial charge in [0.2, 0.25) is 0 Å². The lowest BCUT2D eigenvalue weighted by Gasteiger charge is -2.04. The molecule has 0 aliphatic carbocycles. The van der Waals surface area contributed by atoms with E-state index >= 15 is 0 Å². The first-order valence-corrected chi connectivity index (χ1v) is 4.51. The number of halogens is 3. The van der Waals surface area contributed by atoms with Gasteiger partial charge in [0.25, 0.3) is 5.91 Å². The predicted molar refractivity (Wildman–Crippen MR) is 50.3 cm³/mol. The van der Waals surface area contributed by atoms with Crippen LogP contribution in [0.25, 0.3) is 0 Å². The van der Waals surface area contributed by atoms with Gasteiger partial charge in [-0.25, -0.2) is 0 Å². The van der Waals surface area contributed by atoms with E-state index in [4.69, 9.17) is 0 Å². The molecule has 0 aliphatic rings. The Kier molecular flexibility index (Phi) is 3.20. The summed E-state index contributed by atoms with van der Waals surface area (Å²) < 4.78 is 25.7. The number of alkyl halides is 2. The zero-order valence-corrected chi connectivity index (χ0v) is 9.10. The van der Waals surface area contributed by atoms with Gasteiger partial charge in [-0.2, -0.15) is 13.9 Å². The number of rotatable bonds is 2. The van der Waals surface area contributed by atoms with E-state index in [0.29, 0.717) is 10.2 Å². The standard InChI is InChI=1S/C7H8BrF2N3O/c1-3-4(8)6(13(2)12-3)11-7(14)5(9)10/h5H,1-2H3,(H,11,14). The highest BCUT2D eigenvalue weighted by molar-refractivity contribution is 9.10. The normalized spacial score (nSPS) is 10.7. The first kappa shape index (κ1) is 11.1. The van der Waals surface area contributed by atoms with E-state index < -0.39 is 12.3 Å². The van der Waals surface area contributed by atoms with Crippen molar-refractivity contribution in [2.75, 3.05) is 5.32 Å². The fraction of sp³-hybridized carbons (Fsp3) is 0.429. The fourth-order valence-electron chi connectivity index (χ4n) is 0.939. The van der Waals surface area contributed by atoms with Gasteiger partial charge in [0.05, 0.1) is 10.2 Å². The molecule has 0 bridgehead atoms. The number of carbonyl (C=O) groups is 1. The summed E-state index contributed by atoms with van der Waals surface area (Å²) in [6.45, 7) is 1.70. The molecule has 7 heteroatoms. The Morgan fingerprint density at radius 1 is 1.64 bits per heavy atom. The minimum atomic E-state index is -3.03. The largest absolute Gasteiger partial charge is 0.315 e. The SMILES string of the molecule is Cc1nn(C)c(NC(=O)C(F)F)c1Br. The van der Waals surface area contributed by atoms with E-state index in [2.05, 4.69) is 26.3 Å². The third-order valence-electron chi connectivity index (χ3n) is 1.59. The first-order chi connectivity index (χ1) is 6.43. The maximum Gasteiger partial charge on any atom is 0.315 e. The maximum absolute atomic E-state index is 11.9. The number of hydrogen-bond acceptors (Lipinski definition) is 2. The number of anilines is 1. The number of aryl methyl sites for hydroxylation is 2. The smallest absolute Gasteiger partial charge is 0.305 e. The number of hydrogen-bond donors (Lipinski definition) is 1. The molecule has 0 saturated heterocycles. The quantitative estimate of drug-likeness (QED) is 0.887. The van der Waals surface area contributed by atoms with Crippen LogP contribution in [0.3, 0.4) is 0 Å². The molecule has 0 atom stereocenters. The van der Waals surface area contributed by atoms with Crippen molar-refractivity contribution in [3.63, 3.8) is 0 Å². The Bertz CT molecular complexity index is 364. The molecule has 1 rings (SSSR count). The van der Waals surface area contributed by atoms with Gasteiger partial charge in [0, 0.05) is 7.05 Å². The lowest BCUT2D eigenvalue weighted by Crippen LogP contribution is -2.21. The van der Waals surface area contributed by atoms with E-state index in [9.17, 15) is 13.6 Å². The zero-order valence-electron chi connectivity index (χ0n) is 7.51. The molecule has 0 aromatic carbocycles. The number of aromatic nitrogens is 2. The highest BCUT2D eigenvalue weighted by atomic mass is 79.9. The summed E-state index contributed by atoms with van der Waals surface area (Å²) in [6, 6.07) is 0. The van der Waals surface area contributed by atoms with Crippen LogP contribution in [0.2, 0.25) is 0 Å². The molecular formula is C7H8BrF2N3O. The van der Waals surface area contributed by atoms with E-state index in [1.165, 1.54) is 4.68 Å². The maximum atomic E-state index is 11.9. The molecule has 0 saturated carbocycles. The molecule has 0 radical (unpaired) electrons. The average molecular weight is 268 g/mol. The van der Waals surface area contributed by atoms with E-state index in [-0.39, 0.29) is 5.82 Å². The van der Waals surface area contributed by atoms with Crippen molar-refractivity contribution in [1.82, 2.24) is 9.78 Å². The topological polar surface area (TPSA) is 46.9 Å². The molecule has 1 aromatic rings. The Morgan fingerprint density at radius 2 is 2.21 bits per heavy atom. The van der Waals surface area contributed by atoms with Crippen LogP contribution in [-0.2, 0) is 11.8 Å². The van der Waals surface area contributed by atoms with Crippen LogP contribution >= 0.6 is 15.9 Å². The van der Waals surface area contributed by atoms with E-state index in [1.54, 1.807) is 14.0 Å². The molecular weight excluding hydrogens is 260 g/mol. The van der Waals surface area contributed by atoms with Crippen LogP contribution in [0.4, 0.5) is 14.6 Å². The lowest BCUT2D eigenvalue weighted by atomic mass is 10.4. The summed E-state index contributed by atoms with van der Waals surface area (Å²) in [6.07, 6.45) is -3.03. The number of carbonyl (C=O) groups excluding carboxylic acids is 1. The van der Waals surface area contributed by atoms with Gasteiger partial charge in [-0.15, -0.1) is 0 Å². The number of nitrogens with one attached hydrogen (secondary N) is 1. The minimum Gasteiger partial charge on any atom is -0.305 e. The van der Waals surface area contributed by atoms with Gasteiger partial charge < -0.3 is 5.32 Å². The molecule has 4 nitrogen and oxygen atoms in total. The van der Waals surface area contributed by atoms with Gasteiger partial charge in [-0.05, 0) is 22.9 Å². The van der Waals surface area contributed by atoms with Gasteiger partial charge in [-0.1, -0.05) is 0 Å². The zero-order chi connectivity index (χ0) is 10.9. The third-order valence-corrected chi connectivity index (χ3v) is 2.54. The monoisotopic (exact) mass is 267 g/mol. The van der Waals surface area contributed by atoms with Crippen molar-refractivity contribution < 1.29 is 13.6 Å². The fourth-order valence-corrected chi connectivity index (χ4v) is 1.37. The van der Waals surface area contributed by atoms with Crippen LogP contribution in [0.5, 0.6) is 0 Å². The second-order valence-corrected chi connectivity index (χ2v) is 3.45. The van der Waals surface area contributed by atoms with Gasteiger partial charge in [-0.3, -0.25) is 9.48 Å². The number of amides is 1. The second-order valence-electron chi connectivity index (χ2n) is 2.66. The summed E-state index contributed by atoms with van der Waals surface area (Å²) in [5.74, 6) is -1.11. The Hall–Kier alpha value is -0.980. The first-order valence-electron chi connectivity index (χ1n) is 3.71. The number of nitrogens with zero attached hydrogens (tertiary/aromatic N) is 2. The lowest BCUT2D eigenvalue weighted by molar-refractivity contribution is -0.126. The van der Waals surface area contributed by atoms with Crippen molar-refractivity contribution in [2.45, 2.75) is 13.3 Å². The van der Waals surface area contributed by atoms with E-state index in [1.807, 2.05) is 0 Å².